The third-order valence-electron chi connectivity index (χ3n) is 4.86. The van der Waals surface area contributed by atoms with E-state index in [-0.39, 0.29) is 0 Å². The van der Waals surface area contributed by atoms with E-state index in [1.54, 1.807) is 18.3 Å². The van der Waals surface area contributed by atoms with E-state index in [2.05, 4.69) is 15.6 Å². The van der Waals surface area contributed by atoms with Crippen molar-refractivity contribution in [3.63, 3.8) is 0 Å². The SMILES string of the molecule is N#C[C@@H]1CC(F)(F)CN1C(=O)CNC(=O)c1ccncc1C1=CCNCC1.O=C(O)C(F)(F)F. The molecule has 0 radical (unpaired) electrons. The lowest BCUT2D eigenvalue weighted by Gasteiger charge is -2.20. The van der Waals surface area contributed by atoms with Crippen LogP contribution in [-0.2, 0) is 9.59 Å². The largest absolute Gasteiger partial charge is 0.490 e. The van der Waals surface area contributed by atoms with Gasteiger partial charge in [0.1, 0.15) is 6.04 Å². The minimum Gasteiger partial charge on any atom is -0.475 e. The summed E-state index contributed by atoms with van der Waals surface area (Å²) in [6, 6.07) is 2.09. The second-order valence-electron chi connectivity index (χ2n) is 7.32. The maximum atomic E-state index is 13.5. The number of carboxylic acids is 1. The molecule has 14 heteroatoms. The summed E-state index contributed by atoms with van der Waals surface area (Å²) in [4.78, 5) is 38.5. The number of hydrogen-bond donors (Lipinski definition) is 3. The van der Waals surface area contributed by atoms with Crippen molar-refractivity contribution in [3.05, 3.63) is 35.7 Å². The van der Waals surface area contributed by atoms with Gasteiger partial charge >= 0.3 is 12.1 Å². The number of amides is 2. The lowest BCUT2D eigenvalue weighted by atomic mass is 9.97. The maximum Gasteiger partial charge on any atom is 0.490 e. The van der Waals surface area contributed by atoms with Gasteiger partial charge in [-0.2, -0.15) is 18.4 Å². The second-order valence-corrected chi connectivity index (χ2v) is 7.32. The highest BCUT2D eigenvalue weighted by Crippen LogP contribution is 2.31. The van der Waals surface area contributed by atoms with E-state index in [0.29, 0.717) is 17.7 Å². The number of carbonyl (C=O) groups is 3. The van der Waals surface area contributed by atoms with Gasteiger partial charge in [-0.25, -0.2) is 13.6 Å². The zero-order chi connectivity index (χ0) is 25.5. The first-order valence-corrected chi connectivity index (χ1v) is 9.85. The Morgan fingerprint density at radius 1 is 1.35 bits per heavy atom. The number of rotatable bonds is 4. The Bertz CT molecular complexity index is 1010. The van der Waals surface area contributed by atoms with Gasteiger partial charge in [-0.3, -0.25) is 14.6 Å². The maximum absolute atomic E-state index is 13.5. The molecule has 0 aromatic carbocycles. The molecule has 2 aliphatic rings. The van der Waals surface area contributed by atoms with Crippen molar-refractivity contribution < 1.29 is 41.4 Å². The molecule has 0 saturated carbocycles. The fourth-order valence-corrected chi connectivity index (χ4v) is 3.26. The highest BCUT2D eigenvalue weighted by Gasteiger charge is 2.47. The van der Waals surface area contributed by atoms with Gasteiger partial charge in [-0.15, -0.1) is 0 Å². The quantitative estimate of drug-likeness (QED) is 0.547. The minimum atomic E-state index is -5.08. The van der Waals surface area contributed by atoms with Crippen molar-refractivity contribution in [2.75, 3.05) is 26.2 Å². The third-order valence-corrected chi connectivity index (χ3v) is 4.86. The van der Waals surface area contributed by atoms with Gasteiger partial charge < -0.3 is 20.6 Å². The molecule has 9 nitrogen and oxygen atoms in total. The van der Waals surface area contributed by atoms with Gasteiger partial charge in [-0.1, -0.05) is 6.08 Å². The summed E-state index contributed by atoms with van der Waals surface area (Å²) in [5.74, 6) is -7.03. The number of hydrogen-bond acceptors (Lipinski definition) is 6. The number of carbonyl (C=O) groups excluding carboxylic acids is 2. The van der Waals surface area contributed by atoms with Crippen LogP contribution in [0.3, 0.4) is 0 Å². The molecule has 1 aromatic rings. The smallest absolute Gasteiger partial charge is 0.475 e. The van der Waals surface area contributed by atoms with E-state index in [0.717, 1.165) is 23.4 Å². The number of aliphatic carboxylic acids is 1. The Balaban J connectivity index is 0.000000509. The van der Waals surface area contributed by atoms with Crippen molar-refractivity contribution in [1.29, 1.82) is 5.26 Å². The Morgan fingerprint density at radius 3 is 2.59 bits per heavy atom. The predicted molar refractivity (Wildman–Crippen MR) is 106 cm³/mol. The van der Waals surface area contributed by atoms with Crippen LogP contribution in [0.25, 0.3) is 5.57 Å². The number of nitrogens with one attached hydrogen (secondary N) is 2. The molecular weight excluding hydrogens is 469 g/mol. The highest BCUT2D eigenvalue weighted by molar-refractivity contribution is 6.00. The van der Waals surface area contributed by atoms with Crippen LogP contribution in [0.5, 0.6) is 0 Å². The first kappa shape index (κ1) is 26.7. The molecule has 1 saturated heterocycles. The van der Waals surface area contributed by atoms with E-state index in [1.807, 2.05) is 6.08 Å². The molecule has 2 aliphatic heterocycles. The monoisotopic (exact) mass is 489 g/mol. The van der Waals surface area contributed by atoms with Gasteiger partial charge in [0.25, 0.3) is 11.8 Å². The van der Waals surface area contributed by atoms with Crippen molar-refractivity contribution >= 4 is 23.4 Å². The number of alkyl halides is 5. The summed E-state index contributed by atoms with van der Waals surface area (Å²) in [7, 11) is 0. The highest BCUT2D eigenvalue weighted by atomic mass is 19.4. The van der Waals surface area contributed by atoms with E-state index in [4.69, 9.17) is 15.2 Å². The molecule has 1 atom stereocenters. The van der Waals surface area contributed by atoms with Gasteiger partial charge in [-0.05, 0) is 24.6 Å². The summed E-state index contributed by atoms with van der Waals surface area (Å²) >= 11 is 0. The first-order valence-electron chi connectivity index (χ1n) is 9.85. The normalized spacial score (nSPS) is 19.2. The van der Waals surface area contributed by atoms with E-state index >= 15 is 0 Å². The summed E-state index contributed by atoms with van der Waals surface area (Å²) in [5, 5.41) is 21.8. The molecule has 3 N–H and O–H groups in total. The van der Waals surface area contributed by atoms with Crippen molar-refractivity contribution in [2.45, 2.75) is 31.0 Å². The fourth-order valence-electron chi connectivity index (χ4n) is 3.26. The number of nitrogens with zero attached hydrogens (tertiary/aromatic N) is 3. The third kappa shape index (κ3) is 7.20. The number of carboxylic acid groups (broad SMARTS) is 1. The molecule has 0 bridgehead atoms. The summed E-state index contributed by atoms with van der Waals surface area (Å²) in [6.45, 7) is 0.233. The predicted octanol–water partition coefficient (Wildman–Crippen LogP) is 1.58. The van der Waals surface area contributed by atoms with Crippen LogP contribution in [0, 0.1) is 11.3 Å². The Labute approximate surface area is 190 Å². The van der Waals surface area contributed by atoms with Gasteiger partial charge in [0.05, 0.1) is 19.2 Å². The molecule has 34 heavy (non-hydrogen) atoms. The molecule has 2 amide bonds. The Morgan fingerprint density at radius 2 is 2.03 bits per heavy atom. The molecule has 0 aliphatic carbocycles. The van der Waals surface area contributed by atoms with Crippen LogP contribution in [0.1, 0.15) is 28.8 Å². The van der Waals surface area contributed by atoms with Gasteiger partial charge in [0, 0.05) is 36.5 Å². The van der Waals surface area contributed by atoms with Crippen molar-refractivity contribution in [1.82, 2.24) is 20.5 Å². The van der Waals surface area contributed by atoms with Crippen LogP contribution >= 0.6 is 0 Å². The average molecular weight is 489 g/mol. The van der Waals surface area contributed by atoms with Crippen LogP contribution in [0.4, 0.5) is 22.0 Å². The minimum absolute atomic E-state index is 0.370. The molecule has 0 spiro atoms. The standard InChI is InChI=1S/C18H19F2N5O2.C2HF3O2/c19-18(20)7-13(8-21)25(11-18)16(26)10-24-17(27)14-3-6-23-9-15(14)12-1-4-22-5-2-12;3-2(4,5)1(6)7/h1,3,6,9,13,22H,2,4-5,7,10-11H2,(H,24,27);(H,6,7)/t13-;/m0./s1. The molecule has 3 heterocycles. The van der Waals surface area contributed by atoms with E-state index in [1.165, 1.54) is 6.20 Å². The topological polar surface area (TPSA) is 135 Å². The first-order chi connectivity index (χ1) is 15.9. The Hall–Kier alpha value is -3.60. The number of likely N-dealkylation sites (tertiary alicyclic amines) is 1. The Kier molecular flexibility index (Phi) is 8.63. The second kappa shape index (κ2) is 11.0. The average Bonchev–Trinajstić information content (AvgIpc) is 3.12. The molecule has 184 valence electrons. The molecule has 0 unspecified atom stereocenters. The summed E-state index contributed by atoms with van der Waals surface area (Å²) < 4.78 is 58.7. The fraction of sp³-hybridized carbons (Fsp3) is 0.450. The van der Waals surface area contributed by atoms with Crippen molar-refractivity contribution in [3.8, 4) is 6.07 Å². The summed E-state index contributed by atoms with van der Waals surface area (Å²) in [5.41, 5.74) is 2.04. The lowest BCUT2D eigenvalue weighted by Crippen LogP contribution is -2.43. The van der Waals surface area contributed by atoms with E-state index in [9.17, 15) is 31.5 Å². The summed E-state index contributed by atoms with van der Waals surface area (Å²) in [6.07, 6.45) is 0.0407. The van der Waals surface area contributed by atoms with Crippen LogP contribution in [-0.4, -0.2) is 77.1 Å². The van der Waals surface area contributed by atoms with Crippen LogP contribution in [0.15, 0.2) is 24.5 Å². The van der Waals surface area contributed by atoms with Gasteiger partial charge in [0.2, 0.25) is 5.91 Å². The van der Waals surface area contributed by atoms with Gasteiger partial charge in [0.15, 0.2) is 0 Å². The lowest BCUT2D eigenvalue weighted by molar-refractivity contribution is -0.192. The molecular formula is C20H20F5N5O4. The molecule has 3 rings (SSSR count). The van der Waals surface area contributed by atoms with Crippen LogP contribution < -0.4 is 10.6 Å². The zero-order valence-electron chi connectivity index (χ0n) is 17.5. The van der Waals surface area contributed by atoms with E-state index < -0.39 is 55.4 Å². The van der Waals surface area contributed by atoms with Crippen molar-refractivity contribution in [2.24, 2.45) is 0 Å². The molecule has 1 aromatic heterocycles. The number of halogens is 5. The van der Waals surface area contributed by atoms with Crippen LogP contribution in [0.2, 0.25) is 0 Å². The molecule has 1 fully saturated rings. The number of aromatic nitrogens is 1. The number of nitriles is 1. The zero-order valence-corrected chi connectivity index (χ0v) is 17.5. The number of pyridine rings is 1.